The highest BCUT2D eigenvalue weighted by atomic mass is 32.1. The number of hydrogen-bond acceptors (Lipinski definition) is 1. The van der Waals surface area contributed by atoms with Gasteiger partial charge in [-0.05, 0) is 89.1 Å². The van der Waals surface area contributed by atoms with Crippen molar-refractivity contribution in [1.82, 2.24) is 0 Å². The van der Waals surface area contributed by atoms with Gasteiger partial charge in [0.1, 0.15) is 0 Å². The first kappa shape index (κ1) is 26.5. The maximum absolute atomic E-state index is 2.37. The van der Waals surface area contributed by atoms with Crippen LogP contribution in [0.3, 0.4) is 0 Å². The lowest BCUT2D eigenvalue weighted by atomic mass is 9.85. The van der Waals surface area contributed by atoms with Crippen molar-refractivity contribution in [2.75, 3.05) is 0 Å². The molecule has 10 aromatic rings. The standard InChI is InChI=1S/C46H28S/c1-2-13-31-27-33(24-23-29(31)11-1)32-14-9-15-34(28-32)43-36-17-5-7-19-38(36)44(39-20-8-6-18-37(39)43)40-21-10-22-41-45-35-16-4-3-12-30(35)25-26-42(45)47-46(40)41/h1-28H. The van der Waals surface area contributed by atoms with Crippen molar-refractivity contribution in [2.45, 2.75) is 0 Å². The number of rotatable bonds is 3. The molecule has 0 aliphatic heterocycles. The summed E-state index contributed by atoms with van der Waals surface area (Å²) in [7, 11) is 0. The average Bonchev–Trinajstić information content (AvgIpc) is 3.53. The summed E-state index contributed by atoms with van der Waals surface area (Å²) in [6.07, 6.45) is 0. The van der Waals surface area contributed by atoms with Gasteiger partial charge in [-0.15, -0.1) is 11.3 Å². The first-order valence-electron chi connectivity index (χ1n) is 16.2. The van der Waals surface area contributed by atoms with Gasteiger partial charge >= 0.3 is 0 Å². The molecule has 10 rings (SSSR count). The third-order valence-electron chi connectivity index (χ3n) is 9.82. The van der Waals surface area contributed by atoms with Gasteiger partial charge in [-0.2, -0.15) is 0 Å². The zero-order chi connectivity index (χ0) is 30.9. The molecule has 0 N–H and O–H groups in total. The zero-order valence-electron chi connectivity index (χ0n) is 25.6. The Kier molecular flexibility index (Phi) is 5.85. The van der Waals surface area contributed by atoms with E-state index in [0.717, 1.165) is 0 Å². The van der Waals surface area contributed by atoms with E-state index in [2.05, 4.69) is 170 Å². The van der Waals surface area contributed by atoms with Crippen molar-refractivity contribution in [3.63, 3.8) is 0 Å². The lowest BCUT2D eigenvalue weighted by molar-refractivity contribution is 1.63. The van der Waals surface area contributed by atoms with Crippen LogP contribution in [0.4, 0.5) is 0 Å². The molecule has 47 heavy (non-hydrogen) atoms. The molecule has 0 atom stereocenters. The van der Waals surface area contributed by atoms with E-state index in [1.165, 1.54) is 96.6 Å². The molecule has 0 aliphatic carbocycles. The molecule has 0 saturated carbocycles. The molecule has 0 nitrogen and oxygen atoms in total. The van der Waals surface area contributed by atoms with Crippen molar-refractivity contribution in [3.8, 4) is 33.4 Å². The Morgan fingerprint density at radius 3 is 1.64 bits per heavy atom. The number of hydrogen-bond donors (Lipinski definition) is 0. The Hall–Kier alpha value is -5.76. The number of thiophene rings is 1. The molecule has 0 aliphatic rings. The van der Waals surface area contributed by atoms with Gasteiger partial charge in [0, 0.05) is 25.7 Å². The first-order chi connectivity index (χ1) is 23.3. The van der Waals surface area contributed by atoms with Gasteiger partial charge in [0.05, 0.1) is 0 Å². The van der Waals surface area contributed by atoms with Gasteiger partial charge in [0.2, 0.25) is 0 Å². The lowest BCUT2D eigenvalue weighted by Crippen LogP contribution is -1.91. The van der Waals surface area contributed by atoms with Crippen LogP contribution in [0.5, 0.6) is 0 Å². The molecule has 0 spiro atoms. The summed E-state index contributed by atoms with van der Waals surface area (Å²) >= 11 is 1.92. The molecule has 1 aromatic heterocycles. The SMILES string of the molecule is c1cc(-c2ccc3ccccc3c2)cc(-c2c3ccccc3c(-c3cccc4c3sc3ccc5ccccc5c34)c3ccccc23)c1. The van der Waals surface area contributed by atoms with E-state index in [4.69, 9.17) is 0 Å². The van der Waals surface area contributed by atoms with E-state index in [-0.39, 0.29) is 0 Å². The highest BCUT2D eigenvalue weighted by Gasteiger charge is 2.20. The van der Waals surface area contributed by atoms with E-state index in [1.807, 2.05) is 11.3 Å². The van der Waals surface area contributed by atoms with E-state index < -0.39 is 0 Å². The summed E-state index contributed by atoms with van der Waals surface area (Å²) < 4.78 is 2.68. The smallest absolute Gasteiger partial charge is 0.0434 e. The van der Waals surface area contributed by atoms with E-state index in [0.29, 0.717) is 0 Å². The Bertz CT molecular complexity index is 2800. The second-order valence-corrected chi connectivity index (χ2v) is 13.5. The predicted octanol–water partition coefficient (Wildman–Crippen LogP) is 13.7. The molecule has 9 aromatic carbocycles. The van der Waals surface area contributed by atoms with Gasteiger partial charge in [-0.3, -0.25) is 0 Å². The Morgan fingerprint density at radius 2 is 0.872 bits per heavy atom. The minimum Gasteiger partial charge on any atom is -0.135 e. The van der Waals surface area contributed by atoms with Gasteiger partial charge in [-0.25, -0.2) is 0 Å². The molecule has 0 bridgehead atoms. The van der Waals surface area contributed by atoms with Gasteiger partial charge in [0.15, 0.2) is 0 Å². The van der Waals surface area contributed by atoms with Gasteiger partial charge in [-0.1, -0.05) is 152 Å². The van der Waals surface area contributed by atoms with Crippen LogP contribution in [0.2, 0.25) is 0 Å². The summed E-state index contributed by atoms with van der Waals surface area (Å²) in [6.45, 7) is 0. The van der Waals surface area contributed by atoms with Crippen molar-refractivity contribution in [2.24, 2.45) is 0 Å². The van der Waals surface area contributed by atoms with Crippen LogP contribution < -0.4 is 0 Å². The monoisotopic (exact) mass is 612 g/mol. The molecular weight excluding hydrogens is 585 g/mol. The molecule has 0 radical (unpaired) electrons. The van der Waals surface area contributed by atoms with Crippen LogP contribution in [0, 0.1) is 0 Å². The quantitative estimate of drug-likeness (QED) is 0.174. The summed E-state index contributed by atoms with van der Waals surface area (Å²) in [5, 5.41) is 13.0. The zero-order valence-corrected chi connectivity index (χ0v) is 26.4. The van der Waals surface area contributed by atoms with Crippen LogP contribution in [0.25, 0.3) is 96.6 Å². The molecule has 0 amide bonds. The predicted molar refractivity (Wildman–Crippen MR) is 206 cm³/mol. The largest absolute Gasteiger partial charge is 0.135 e. The summed E-state index contributed by atoms with van der Waals surface area (Å²) in [5.74, 6) is 0. The van der Waals surface area contributed by atoms with Crippen molar-refractivity contribution in [1.29, 1.82) is 0 Å². The molecular formula is C46H28S. The Labute approximate surface area is 276 Å². The van der Waals surface area contributed by atoms with Crippen LogP contribution >= 0.6 is 11.3 Å². The molecule has 1 heterocycles. The normalized spacial score (nSPS) is 11.8. The highest BCUT2D eigenvalue weighted by molar-refractivity contribution is 7.26. The van der Waals surface area contributed by atoms with Crippen LogP contribution in [-0.2, 0) is 0 Å². The van der Waals surface area contributed by atoms with Crippen molar-refractivity contribution >= 4 is 74.6 Å². The summed E-state index contributed by atoms with van der Waals surface area (Å²) in [5.41, 5.74) is 7.61. The maximum Gasteiger partial charge on any atom is 0.0434 e. The molecule has 218 valence electrons. The first-order valence-corrected chi connectivity index (χ1v) is 17.0. The highest BCUT2D eigenvalue weighted by Crippen LogP contribution is 2.48. The van der Waals surface area contributed by atoms with Crippen LogP contribution in [0.15, 0.2) is 170 Å². The second kappa shape index (κ2) is 10.4. The van der Waals surface area contributed by atoms with Crippen molar-refractivity contribution in [3.05, 3.63) is 170 Å². The van der Waals surface area contributed by atoms with Gasteiger partial charge < -0.3 is 0 Å². The van der Waals surface area contributed by atoms with E-state index >= 15 is 0 Å². The lowest BCUT2D eigenvalue weighted by Gasteiger charge is -2.18. The van der Waals surface area contributed by atoms with E-state index in [1.54, 1.807) is 0 Å². The maximum atomic E-state index is 2.37. The number of fused-ring (bicyclic) bond motifs is 8. The second-order valence-electron chi connectivity index (χ2n) is 12.4. The number of benzene rings is 9. The third kappa shape index (κ3) is 4.07. The fourth-order valence-corrected chi connectivity index (χ4v) is 8.96. The van der Waals surface area contributed by atoms with Crippen LogP contribution in [-0.4, -0.2) is 0 Å². The Morgan fingerprint density at radius 1 is 0.319 bits per heavy atom. The van der Waals surface area contributed by atoms with Crippen LogP contribution in [0.1, 0.15) is 0 Å². The molecule has 1 heteroatoms. The fourth-order valence-electron chi connectivity index (χ4n) is 7.72. The Balaban J connectivity index is 1.25. The van der Waals surface area contributed by atoms with E-state index in [9.17, 15) is 0 Å². The van der Waals surface area contributed by atoms with Crippen molar-refractivity contribution < 1.29 is 0 Å². The minimum absolute atomic E-state index is 1.23. The molecule has 0 unspecified atom stereocenters. The van der Waals surface area contributed by atoms with Gasteiger partial charge in [0.25, 0.3) is 0 Å². The third-order valence-corrected chi connectivity index (χ3v) is 11.0. The molecule has 0 fully saturated rings. The topological polar surface area (TPSA) is 0 Å². The average molecular weight is 613 g/mol. The molecule has 0 saturated heterocycles. The summed E-state index contributed by atoms with van der Waals surface area (Å²) in [6, 6.07) is 62.7. The summed E-state index contributed by atoms with van der Waals surface area (Å²) in [4.78, 5) is 0. The fraction of sp³-hybridized carbons (Fsp3) is 0. The minimum atomic E-state index is 1.23.